The Labute approximate surface area is 164 Å². The highest BCUT2D eigenvalue weighted by atomic mass is 19.1. The first-order valence-corrected chi connectivity index (χ1v) is 9.32. The van der Waals surface area contributed by atoms with Gasteiger partial charge in [-0.25, -0.2) is 9.07 Å². The number of hydrogen-bond acceptors (Lipinski definition) is 3. The summed E-state index contributed by atoms with van der Waals surface area (Å²) < 4.78 is 15.2. The molecule has 1 aromatic heterocycles. The zero-order valence-electron chi connectivity index (χ0n) is 16.1. The van der Waals surface area contributed by atoms with Gasteiger partial charge in [0.25, 0.3) is 0 Å². The number of hydrogen-bond donors (Lipinski definition) is 1. The number of nitrogens with zero attached hydrogens (tertiary/aromatic N) is 3. The zero-order valence-corrected chi connectivity index (χ0v) is 16.1. The van der Waals surface area contributed by atoms with Gasteiger partial charge in [-0.15, -0.1) is 0 Å². The van der Waals surface area contributed by atoms with Crippen molar-refractivity contribution in [1.29, 1.82) is 0 Å². The van der Waals surface area contributed by atoms with Crippen molar-refractivity contribution in [1.82, 2.24) is 14.7 Å². The summed E-state index contributed by atoms with van der Waals surface area (Å²) in [4.78, 5) is 13.1. The van der Waals surface area contributed by atoms with Gasteiger partial charge in [0, 0.05) is 23.9 Å². The molecule has 146 valence electrons. The Morgan fingerprint density at radius 1 is 1.14 bits per heavy atom. The first-order chi connectivity index (χ1) is 13.5. The Balaban J connectivity index is 2.01. The summed E-state index contributed by atoms with van der Waals surface area (Å²) in [6, 6.07) is 14.2. The van der Waals surface area contributed by atoms with E-state index in [0.717, 1.165) is 34.5 Å². The normalized spacial score (nSPS) is 11.1. The Morgan fingerprint density at radius 2 is 1.82 bits per heavy atom. The second-order valence-electron chi connectivity index (χ2n) is 6.89. The third-order valence-corrected chi connectivity index (χ3v) is 4.50. The highest BCUT2D eigenvalue weighted by Gasteiger charge is 2.17. The van der Waals surface area contributed by atoms with Gasteiger partial charge >= 0.3 is 5.97 Å². The molecule has 0 atom stereocenters. The molecule has 0 radical (unpaired) electrons. The molecule has 5 nitrogen and oxygen atoms in total. The summed E-state index contributed by atoms with van der Waals surface area (Å²) in [7, 11) is 0. The van der Waals surface area contributed by atoms with E-state index >= 15 is 0 Å². The van der Waals surface area contributed by atoms with Gasteiger partial charge in [0.1, 0.15) is 5.82 Å². The molecule has 3 aromatic rings. The maximum atomic E-state index is 13.4. The highest BCUT2D eigenvalue weighted by Crippen LogP contribution is 2.25. The fourth-order valence-electron chi connectivity index (χ4n) is 3.17. The number of aryl methyl sites for hydroxylation is 1. The van der Waals surface area contributed by atoms with E-state index in [1.165, 1.54) is 12.1 Å². The smallest absolute Gasteiger partial charge is 0.317 e. The number of aromatic nitrogens is 2. The van der Waals surface area contributed by atoms with E-state index in [0.29, 0.717) is 13.1 Å². The molecule has 3 rings (SSSR count). The predicted molar refractivity (Wildman–Crippen MR) is 107 cm³/mol. The predicted octanol–water partition coefficient (Wildman–Crippen LogP) is 4.28. The molecule has 1 N–H and O–H groups in total. The molecule has 0 bridgehead atoms. The minimum Gasteiger partial charge on any atom is -0.480 e. The lowest BCUT2D eigenvalue weighted by Gasteiger charge is -2.19. The number of carboxylic acids is 1. The van der Waals surface area contributed by atoms with Crippen LogP contribution in [0.4, 0.5) is 4.39 Å². The van der Waals surface area contributed by atoms with Crippen LogP contribution >= 0.6 is 0 Å². The first kappa shape index (κ1) is 19.8. The second kappa shape index (κ2) is 8.80. The van der Waals surface area contributed by atoms with Gasteiger partial charge in [-0.2, -0.15) is 5.10 Å². The van der Waals surface area contributed by atoms with Gasteiger partial charge in [0.2, 0.25) is 0 Å². The van der Waals surface area contributed by atoms with Crippen molar-refractivity contribution in [2.45, 2.75) is 26.8 Å². The van der Waals surface area contributed by atoms with Crippen LogP contribution in [0.15, 0.2) is 54.7 Å². The molecule has 0 amide bonds. The Kier molecular flexibility index (Phi) is 6.21. The molecule has 6 heteroatoms. The van der Waals surface area contributed by atoms with Gasteiger partial charge in [-0.05, 0) is 56.3 Å². The van der Waals surface area contributed by atoms with Crippen LogP contribution < -0.4 is 0 Å². The lowest BCUT2D eigenvalue weighted by Crippen LogP contribution is -2.30. The number of aliphatic carboxylic acids is 1. The van der Waals surface area contributed by atoms with Crippen LogP contribution in [0.5, 0.6) is 0 Å². The highest BCUT2D eigenvalue weighted by molar-refractivity contribution is 5.69. The van der Waals surface area contributed by atoms with Gasteiger partial charge in [0.05, 0.1) is 17.9 Å². The lowest BCUT2D eigenvalue weighted by atomic mass is 10.1. The summed E-state index contributed by atoms with van der Waals surface area (Å²) in [6.07, 6.45) is 2.78. The molecule has 0 aliphatic rings. The van der Waals surface area contributed by atoms with Gasteiger partial charge in [0.15, 0.2) is 0 Å². The number of carbonyl (C=O) groups is 1. The van der Waals surface area contributed by atoms with Crippen LogP contribution in [0, 0.1) is 12.7 Å². The maximum absolute atomic E-state index is 13.4. The van der Waals surface area contributed by atoms with Crippen LogP contribution in [0.1, 0.15) is 24.5 Å². The SMILES string of the molecule is CCCN(CC(=O)O)Cc1cn(-c2ccc(C)cc2)nc1-c1ccc(F)cc1. The number of halogens is 1. The first-order valence-electron chi connectivity index (χ1n) is 9.32. The molecule has 0 saturated carbocycles. The monoisotopic (exact) mass is 381 g/mol. The van der Waals surface area contributed by atoms with E-state index in [1.54, 1.807) is 16.8 Å². The number of carboxylic acid groups (broad SMARTS) is 1. The van der Waals surface area contributed by atoms with Crippen molar-refractivity contribution in [3.05, 3.63) is 71.7 Å². The van der Waals surface area contributed by atoms with Crippen LogP contribution in [-0.4, -0.2) is 38.8 Å². The van der Waals surface area contributed by atoms with Crippen molar-refractivity contribution < 1.29 is 14.3 Å². The summed E-state index contributed by atoms with van der Waals surface area (Å²) in [6.45, 7) is 5.14. The van der Waals surface area contributed by atoms with E-state index in [9.17, 15) is 14.3 Å². The fourth-order valence-corrected chi connectivity index (χ4v) is 3.17. The lowest BCUT2D eigenvalue weighted by molar-refractivity contribution is -0.138. The topological polar surface area (TPSA) is 58.4 Å². The van der Waals surface area contributed by atoms with Gasteiger partial charge in [-0.1, -0.05) is 24.6 Å². The molecule has 2 aromatic carbocycles. The fraction of sp³-hybridized carbons (Fsp3) is 0.273. The summed E-state index contributed by atoms with van der Waals surface area (Å²) >= 11 is 0. The van der Waals surface area contributed by atoms with E-state index in [-0.39, 0.29) is 12.4 Å². The van der Waals surface area contributed by atoms with Crippen molar-refractivity contribution in [2.24, 2.45) is 0 Å². The molecule has 0 spiro atoms. The van der Waals surface area contributed by atoms with E-state index in [4.69, 9.17) is 5.10 Å². The van der Waals surface area contributed by atoms with Crippen LogP contribution in [-0.2, 0) is 11.3 Å². The Morgan fingerprint density at radius 3 is 2.43 bits per heavy atom. The average molecular weight is 381 g/mol. The van der Waals surface area contributed by atoms with Gasteiger partial charge < -0.3 is 5.11 Å². The van der Waals surface area contributed by atoms with Crippen molar-refractivity contribution >= 4 is 5.97 Å². The quantitative estimate of drug-likeness (QED) is 0.633. The third-order valence-electron chi connectivity index (χ3n) is 4.50. The molecule has 0 aliphatic heterocycles. The van der Waals surface area contributed by atoms with Gasteiger partial charge in [-0.3, -0.25) is 9.69 Å². The van der Waals surface area contributed by atoms with Crippen LogP contribution in [0.3, 0.4) is 0 Å². The third kappa shape index (κ3) is 4.84. The minimum atomic E-state index is -0.859. The maximum Gasteiger partial charge on any atom is 0.317 e. The summed E-state index contributed by atoms with van der Waals surface area (Å²) in [5, 5.41) is 13.9. The standard InChI is InChI=1S/C22H24FN3O2/c1-3-12-25(15-21(27)28)13-18-14-26(20-10-4-16(2)5-11-20)24-22(18)17-6-8-19(23)9-7-17/h4-11,14H,3,12-13,15H2,1-2H3,(H,27,28). The zero-order chi connectivity index (χ0) is 20.1. The van der Waals surface area contributed by atoms with Crippen molar-refractivity contribution in [3.8, 4) is 16.9 Å². The molecule has 0 saturated heterocycles. The molecule has 0 fully saturated rings. The molecular weight excluding hydrogens is 357 g/mol. The summed E-state index contributed by atoms with van der Waals surface area (Å²) in [5.41, 5.74) is 4.51. The number of rotatable bonds is 8. The van der Waals surface area contributed by atoms with E-state index in [1.807, 2.05) is 49.2 Å². The van der Waals surface area contributed by atoms with Crippen LogP contribution in [0.2, 0.25) is 0 Å². The minimum absolute atomic E-state index is 0.0353. The number of benzene rings is 2. The van der Waals surface area contributed by atoms with E-state index in [2.05, 4.69) is 0 Å². The van der Waals surface area contributed by atoms with Crippen molar-refractivity contribution in [3.63, 3.8) is 0 Å². The molecule has 28 heavy (non-hydrogen) atoms. The molecule has 0 aliphatic carbocycles. The summed E-state index contributed by atoms with van der Waals surface area (Å²) in [5.74, 6) is -1.16. The van der Waals surface area contributed by atoms with Crippen molar-refractivity contribution in [2.75, 3.05) is 13.1 Å². The Bertz CT molecular complexity index is 933. The molecule has 0 unspecified atom stereocenters. The average Bonchev–Trinajstić information content (AvgIpc) is 3.06. The largest absolute Gasteiger partial charge is 0.480 e. The van der Waals surface area contributed by atoms with Crippen LogP contribution in [0.25, 0.3) is 16.9 Å². The molecule has 1 heterocycles. The van der Waals surface area contributed by atoms with E-state index < -0.39 is 5.97 Å². The molecular formula is C22H24FN3O2. The Hall–Kier alpha value is -2.99. The second-order valence-corrected chi connectivity index (χ2v) is 6.89.